The molecule has 0 rings (SSSR count). The first-order valence-electron chi connectivity index (χ1n) is 33.8. The Morgan fingerprint density at radius 1 is 0.253 bits per heavy atom. The van der Waals surface area contributed by atoms with E-state index in [9.17, 15) is 14.4 Å². The number of allylic oxidation sites excluding steroid dienone is 4. The van der Waals surface area contributed by atoms with E-state index in [0.717, 1.165) is 64.2 Å². The quantitative estimate of drug-likeness (QED) is 0.0261. The molecule has 6 nitrogen and oxygen atoms in total. The molecule has 75 heavy (non-hydrogen) atoms. The fourth-order valence-corrected chi connectivity index (χ4v) is 10.3. The third-order valence-corrected chi connectivity index (χ3v) is 15.4. The number of hydrogen-bond donors (Lipinski definition) is 0. The fourth-order valence-electron chi connectivity index (χ4n) is 10.3. The van der Waals surface area contributed by atoms with Gasteiger partial charge in [-0.15, -0.1) is 0 Å². The Kier molecular flexibility index (Phi) is 62.6. The van der Waals surface area contributed by atoms with E-state index < -0.39 is 6.10 Å². The van der Waals surface area contributed by atoms with Crippen LogP contribution in [0.1, 0.15) is 380 Å². The lowest BCUT2D eigenvalue weighted by Gasteiger charge is -2.18. The number of carbonyl (C=O) groups excluding carboxylic acids is 3. The van der Waals surface area contributed by atoms with E-state index in [1.165, 1.54) is 276 Å². The summed E-state index contributed by atoms with van der Waals surface area (Å²) < 4.78 is 16.9. The van der Waals surface area contributed by atoms with Crippen molar-refractivity contribution in [3.05, 3.63) is 24.3 Å². The number of hydrogen-bond acceptors (Lipinski definition) is 6. The molecule has 0 aliphatic carbocycles. The molecule has 0 saturated heterocycles. The molecule has 1 unspecified atom stereocenters. The first kappa shape index (κ1) is 72.9. The number of rotatable bonds is 63. The molecule has 0 amide bonds. The predicted octanol–water partition coefficient (Wildman–Crippen LogP) is 23.0. The number of esters is 3. The van der Waals surface area contributed by atoms with Crippen molar-refractivity contribution in [1.29, 1.82) is 0 Å². The summed E-state index contributed by atoms with van der Waals surface area (Å²) in [4.78, 5) is 38.3. The Bertz CT molecular complexity index is 1210. The van der Waals surface area contributed by atoms with E-state index in [1.54, 1.807) is 0 Å². The second kappa shape index (κ2) is 64.4. The minimum Gasteiger partial charge on any atom is -0.462 e. The van der Waals surface area contributed by atoms with Gasteiger partial charge in [0.25, 0.3) is 0 Å². The molecule has 0 saturated carbocycles. The fraction of sp³-hybridized carbons (Fsp3) is 0.899. The molecular weight excluding hydrogens is 925 g/mol. The Morgan fingerprint density at radius 2 is 0.440 bits per heavy atom. The van der Waals surface area contributed by atoms with Gasteiger partial charge in [-0.05, 0) is 70.6 Å². The summed E-state index contributed by atoms with van der Waals surface area (Å²) in [6.45, 7) is 6.68. The molecular formula is C69H130O6. The Balaban J connectivity index is 4.21. The maximum atomic E-state index is 12.9. The van der Waals surface area contributed by atoms with Crippen molar-refractivity contribution in [2.24, 2.45) is 0 Å². The van der Waals surface area contributed by atoms with Gasteiger partial charge in [-0.3, -0.25) is 14.4 Å². The van der Waals surface area contributed by atoms with E-state index in [2.05, 4.69) is 45.1 Å². The largest absolute Gasteiger partial charge is 0.462 e. The minimum atomic E-state index is -0.774. The summed E-state index contributed by atoms with van der Waals surface area (Å²) in [5.41, 5.74) is 0. The lowest BCUT2D eigenvalue weighted by molar-refractivity contribution is -0.167. The predicted molar refractivity (Wildman–Crippen MR) is 326 cm³/mol. The normalized spacial score (nSPS) is 12.1. The summed E-state index contributed by atoms with van der Waals surface area (Å²) in [6.07, 6.45) is 77.7. The van der Waals surface area contributed by atoms with Gasteiger partial charge >= 0.3 is 17.9 Å². The van der Waals surface area contributed by atoms with Crippen molar-refractivity contribution in [2.75, 3.05) is 13.2 Å². The third kappa shape index (κ3) is 62.6. The van der Waals surface area contributed by atoms with Crippen LogP contribution in [0.2, 0.25) is 0 Å². The van der Waals surface area contributed by atoms with Gasteiger partial charge < -0.3 is 14.2 Å². The Labute approximate surface area is 468 Å². The molecule has 0 aliphatic heterocycles. The average molecular weight is 1060 g/mol. The second-order valence-corrected chi connectivity index (χ2v) is 23.1. The van der Waals surface area contributed by atoms with Crippen molar-refractivity contribution < 1.29 is 28.6 Å². The topological polar surface area (TPSA) is 78.9 Å². The first-order valence-corrected chi connectivity index (χ1v) is 33.8. The lowest BCUT2D eigenvalue weighted by atomic mass is 10.0. The minimum absolute atomic E-state index is 0.0706. The van der Waals surface area contributed by atoms with Gasteiger partial charge in [0.15, 0.2) is 6.10 Å². The summed E-state index contributed by atoms with van der Waals surface area (Å²) in [6, 6.07) is 0. The highest BCUT2D eigenvalue weighted by Crippen LogP contribution is 2.18. The molecule has 0 fully saturated rings. The Morgan fingerprint density at radius 3 is 0.680 bits per heavy atom. The maximum Gasteiger partial charge on any atom is 0.306 e. The highest BCUT2D eigenvalue weighted by molar-refractivity contribution is 5.71. The van der Waals surface area contributed by atoms with Gasteiger partial charge in [0, 0.05) is 19.3 Å². The molecule has 0 aromatic heterocycles. The standard InChI is InChI=1S/C69H130O6/c1-4-7-10-13-16-19-22-25-27-29-31-32-33-34-35-36-37-38-40-41-44-47-50-53-56-59-62-68(71)74-65-66(64-73-67(70)61-58-55-52-49-46-43-24-21-18-15-12-9-6-3)75-69(72)63-60-57-54-51-48-45-42-39-30-28-26-23-20-17-14-11-8-5-2/h21,24,28,30,66H,4-20,22-23,25-27,29,31-65H2,1-3H3/b24-21-,30-28-. The average Bonchev–Trinajstić information content (AvgIpc) is 3.41. The van der Waals surface area contributed by atoms with Crippen LogP contribution in [0.15, 0.2) is 24.3 Å². The van der Waals surface area contributed by atoms with Crippen molar-refractivity contribution in [2.45, 2.75) is 386 Å². The van der Waals surface area contributed by atoms with Crippen LogP contribution < -0.4 is 0 Å². The van der Waals surface area contributed by atoms with E-state index in [-0.39, 0.29) is 31.1 Å². The van der Waals surface area contributed by atoms with E-state index in [4.69, 9.17) is 14.2 Å². The summed E-state index contributed by atoms with van der Waals surface area (Å²) in [7, 11) is 0. The molecule has 0 spiro atoms. The molecule has 0 heterocycles. The van der Waals surface area contributed by atoms with E-state index in [0.29, 0.717) is 19.3 Å². The molecule has 0 aliphatic rings. The zero-order valence-electron chi connectivity index (χ0n) is 50.8. The monoisotopic (exact) mass is 1050 g/mol. The van der Waals surface area contributed by atoms with Crippen LogP contribution in [0, 0.1) is 0 Å². The molecule has 0 bridgehead atoms. The van der Waals surface area contributed by atoms with Crippen molar-refractivity contribution in [1.82, 2.24) is 0 Å². The number of ether oxygens (including phenoxy) is 3. The van der Waals surface area contributed by atoms with Gasteiger partial charge in [0.05, 0.1) is 0 Å². The summed E-state index contributed by atoms with van der Waals surface area (Å²) >= 11 is 0. The summed E-state index contributed by atoms with van der Waals surface area (Å²) in [5.74, 6) is -0.857. The second-order valence-electron chi connectivity index (χ2n) is 23.1. The SMILES string of the molecule is CCCCCC/C=C\CCCCCCCC(=O)OCC(COC(=O)CCCCCCCCCCCCCCCCCCCCCCCCCCCC)OC(=O)CCCCCCCCC/C=C\CCCCCCCCC. The number of carbonyl (C=O) groups is 3. The smallest absolute Gasteiger partial charge is 0.306 e. The zero-order chi connectivity index (χ0) is 54.3. The van der Waals surface area contributed by atoms with E-state index >= 15 is 0 Å². The van der Waals surface area contributed by atoms with Gasteiger partial charge in [-0.25, -0.2) is 0 Å². The highest BCUT2D eigenvalue weighted by Gasteiger charge is 2.19. The van der Waals surface area contributed by atoms with Gasteiger partial charge in [0.2, 0.25) is 0 Å². The van der Waals surface area contributed by atoms with Crippen molar-refractivity contribution in [3.8, 4) is 0 Å². The van der Waals surface area contributed by atoms with Crippen LogP contribution in [0.5, 0.6) is 0 Å². The van der Waals surface area contributed by atoms with Crippen molar-refractivity contribution in [3.63, 3.8) is 0 Å². The van der Waals surface area contributed by atoms with Crippen LogP contribution in [0.25, 0.3) is 0 Å². The first-order chi connectivity index (χ1) is 37.0. The zero-order valence-corrected chi connectivity index (χ0v) is 50.8. The van der Waals surface area contributed by atoms with Crippen LogP contribution in [0.3, 0.4) is 0 Å². The molecule has 0 radical (unpaired) electrons. The number of unbranched alkanes of at least 4 members (excludes halogenated alkanes) is 48. The molecule has 442 valence electrons. The molecule has 0 N–H and O–H groups in total. The molecule has 6 heteroatoms. The van der Waals surface area contributed by atoms with Crippen LogP contribution in [-0.4, -0.2) is 37.2 Å². The van der Waals surface area contributed by atoms with Crippen LogP contribution in [0.4, 0.5) is 0 Å². The third-order valence-electron chi connectivity index (χ3n) is 15.4. The van der Waals surface area contributed by atoms with Crippen LogP contribution in [-0.2, 0) is 28.6 Å². The Hall–Kier alpha value is -2.11. The van der Waals surface area contributed by atoms with Gasteiger partial charge in [-0.2, -0.15) is 0 Å². The molecule has 0 aromatic rings. The molecule has 0 aromatic carbocycles. The molecule has 1 atom stereocenters. The van der Waals surface area contributed by atoms with E-state index in [1.807, 2.05) is 0 Å². The highest BCUT2D eigenvalue weighted by atomic mass is 16.6. The summed E-state index contributed by atoms with van der Waals surface area (Å²) in [5, 5.41) is 0. The van der Waals surface area contributed by atoms with Gasteiger partial charge in [0.1, 0.15) is 13.2 Å². The van der Waals surface area contributed by atoms with Gasteiger partial charge in [-0.1, -0.05) is 315 Å². The maximum absolute atomic E-state index is 12.9. The van der Waals surface area contributed by atoms with Crippen molar-refractivity contribution >= 4 is 17.9 Å². The lowest BCUT2D eigenvalue weighted by Crippen LogP contribution is -2.30. The van der Waals surface area contributed by atoms with Crippen LogP contribution >= 0.6 is 0 Å².